The number of esters is 1. The molecule has 0 aromatic carbocycles. The van der Waals surface area contributed by atoms with E-state index < -0.39 is 6.10 Å². The summed E-state index contributed by atoms with van der Waals surface area (Å²) in [6.45, 7) is 0.823. The molecule has 80 valence electrons. The molecule has 0 aliphatic carbocycles. The zero-order valence-corrected chi connectivity index (χ0v) is 8.18. The molecular weight excluding hydrogens is 196 g/mol. The molecule has 2 N–H and O–H groups in total. The molecule has 2 heterocycles. The standard InChI is InChI=1S/C10H12N2O3/c11-5-7-1-2-8(6-12-7)15-9-3-4-14-10(9)13/h1-2,6,9H,3-5,11H2. The largest absolute Gasteiger partial charge is 0.477 e. The van der Waals surface area contributed by atoms with Gasteiger partial charge >= 0.3 is 5.97 Å². The zero-order chi connectivity index (χ0) is 10.7. The van der Waals surface area contributed by atoms with Crippen molar-refractivity contribution in [3.63, 3.8) is 0 Å². The predicted molar refractivity (Wildman–Crippen MR) is 52.1 cm³/mol. The topological polar surface area (TPSA) is 74.4 Å². The number of nitrogens with two attached hydrogens (primary N) is 1. The highest BCUT2D eigenvalue weighted by Crippen LogP contribution is 2.16. The van der Waals surface area contributed by atoms with Crippen LogP contribution in [-0.4, -0.2) is 23.7 Å². The van der Waals surface area contributed by atoms with Crippen LogP contribution in [0.2, 0.25) is 0 Å². The number of rotatable bonds is 3. The van der Waals surface area contributed by atoms with Crippen LogP contribution < -0.4 is 10.5 Å². The van der Waals surface area contributed by atoms with Crippen LogP contribution >= 0.6 is 0 Å². The number of pyridine rings is 1. The van der Waals surface area contributed by atoms with Crippen molar-refractivity contribution in [1.29, 1.82) is 0 Å². The third-order valence-electron chi connectivity index (χ3n) is 2.17. The van der Waals surface area contributed by atoms with Gasteiger partial charge in [0.05, 0.1) is 18.5 Å². The zero-order valence-electron chi connectivity index (χ0n) is 8.18. The van der Waals surface area contributed by atoms with E-state index in [-0.39, 0.29) is 5.97 Å². The van der Waals surface area contributed by atoms with Crippen molar-refractivity contribution in [3.05, 3.63) is 24.0 Å². The van der Waals surface area contributed by atoms with E-state index in [0.717, 1.165) is 5.69 Å². The van der Waals surface area contributed by atoms with E-state index in [9.17, 15) is 4.79 Å². The minimum atomic E-state index is -0.490. The Bertz CT molecular complexity index is 350. The number of nitrogens with zero attached hydrogens (tertiary/aromatic N) is 1. The van der Waals surface area contributed by atoms with Crippen LogP contribution in [0.25, 0.3) is 0 Å². The second-order valence-corrected chi connectivity index (χ2v) is 3.25. The first-order valence-corrected chi connectivity index (χ1v) is 4.78. The van der Waals surface area contributed by atoms with Gasteiger partial charge < -0.3 is 15.2 Å². The third kappa shape index (κ3) is 2.24. The molecule has 1 fully saturated rings. The monoisotopic (exact) mass is 208 g/mol. The first-order valence-electron chi connectivity index (χ1n) is 4.78. The smallest absolute Gasteiger partial charge is 0.347 e. The van der Waals surface area contributed by atoms with Crippen LogP contribution in [0.1, 0.15) is 12.1 Å². The lowest BCUT2D eigenvalue weighted by molar-refractivity contribution is -0.143. The van der Waals surface area contributed by atoms with Gasteiger partial charge in [0.1, 0.15) is 5.75 Å². The average Bonchev–Trinajstić information content (AvgIpc) is 2.66. The van der Waals surface area contributed by atoms with Crippen molar-refractivity contribution in [2.45, 2.75) is 19.1 Å². The second-order valence-electron chi connectivity index (χ2n) is 3.25. The Hall–Kier alpha value is -1.62. The molecule has 1 aromatic rings. The van der Waals surface area contributed by atoms with E-state index in [1.165, 1.54) is 0 Å². The van der Waals surface area contributed by atoms with E-state index in [1.54, 1.807) is 18.3 Å². The van der Waals surface area contributed by atoms with Crippen molar-refractivity contribution >= 4 is 5.97 Å². The van der Waals surface area contributed by atoms with Crippen LogP contribution in [0.5, 0.6) is 5.75 Å². The van der Waals surface area contributed by atoms with E-state index in [0.29, 0.717) is 25.3 Å². The van der Waals surface area contributed by atoms with Crippen molar-refractivity contribution in [2.75, 3.05) is 6.61 Å². The summed E-state index contributed by atoms with van der Waals surface area (Å²) >= 11 is 0. The molecule has 15 heavy (non-hydrogen) atoms. The molecule has 1 aliphatic rings. The Kier molecular flexibility index (Phi) is 2.82. The lowest BCUT2D eigenvalue weighted by atomic mass is 10.3. The van der Waals surface area contributed by atoms with E-state index in [4.69, 9.17) is 15.2 Å². The first kappa shape index (κ1) is 9.92. The van der Waals surface area contributed by atoms with Crippen molar-refractivity contribution in [1.82, 2.24) is 4.98 Å². The Morgan fingerprint density at radius 3 is 3.00 bits per heavy atom. The molecule has 0 saturated carbocycles. The normalized spacial score (nSPS) is 20.1. The Morgan fingerprint density at radius 2 is 2.47 bits per heavy atom. The fourth-order valence-corrected chi connectivity index (χ4v) is 1.35. The van der Waals surface area contributed by atoms with Gasteiger partial charge in [-0.05, 0) is 12.1 Å². The van der Waals surface area contributed by atoms with Gasteiger partial charge in [-0.25, -0.2) is 4.79 Å². The summed E-state index contributed by atoms with van der Waals surface area (Å²) in [6, 6.07) is 3.52. The molecule has 1 aliphatic heterocycles. The highest BCUT2D eigenvalue weighted by molar-refractivity contribution is 5.76. The summed E-state index contributed by atoms with van der Waals surface area (Å²) in [5, 5.41) is 0. The predicted octanol–water partition coefficient (Wildman–Crippen LogP) is 0.235. The summed E-state index contributed by atoms with van der Waals surface area (Å²) < 4.78 is 10.2. The number of hydrogen-bond acceptors (Lipinski definition) is 5. The lowest BCUT2D eigenvalue weighted by Gasteiger charge is -2.09. The van der Waals surface area contributed by atoms with Crippen LogP contribution in [0.4, 0.5) is 0 Å². The first-order chi connectivity index (χ1) is 7.29. The quantitative estimate of drug-likeness (QED) is 0.720. The van der Waals surface area contributed by atoms with E-state index >= 15 is 0 Å². The summed E-state index contributed by atoms with van der Waals surface area (Å²) in [5.41, 5.74) is 6.20. The van der Waals surface area contributed by atoms with Crippen LogP contribution in [0, 0.1) is 0 Å². The van der Waals surface area contributed by atoms with Crippen molar-refractivity contribution in [3.8, 4) is 5.75 Å². The molecule has 0 amide bonds. The molecule has 1 aromatic heterocycles. The van der Waals surface area contributed by atoms with Gasteiger partial charge in [0.25, 0.3) is 0 Å². The number of ether oxygens (including phenoxy) is 2. The highest BCUT2D eigenvalue weighted by atomic mass is 16.6. The van der Waals surface area contributed by atoms with Crippen molar-refractivity contribution < 1.29 is 14.3 Å². The summed E-state index contributed by atoms with van der Waals surface area (Å²) in [5.74, 6) is 0.258. The molecular formula is C10H12N2O3. The van der Waals surface area contributed by atoms with Gasteiger partial charge in [0, 0.05) is 13.0 Å². The van der Waals surface area contributed by atoms with Crippen LogP contribution in [0.15, 0.2) is 18.3 Å². The van der Waals surface area contributed by atoms with Gasteiger partial charge in [-0.2, -0.15) is 0 Å². The van der Waals surface area contributed by atoms with E-state index in [1.807, 2.05) is 0 Å². The molecule has 1 saturated heterocycles. The van der Waals surface area contributed by atoms with Crippen molar-refractivity contribution in [2.24, 2.45) is 5.73 Å². The molecule has 1 unspecified atom stereocenters. The van der Waals surface area contributed by atoms with Crippen LogP contribution in [-0.2, 0) is 16.1 Å². The number of hydrogen-bond donors (Lipinski definition) is 1. The summed E-state index contributed by atoms with van der Waals surface area (Å²) in [4.78, 5) is 15.2. The minimum Gasteiger partial charge on any atom is -0.477 e. The third-order valence-corrected chi connectivity index (χ3v) is 2.17. The Balaban J connectivity index is 2.01. The number of aromatic nitrogens is 1. The van der Waals surface area contributed by atoms with Gasteiger partial charge in [-0.15, -0.1) is 0 Å². The average molecular weight is 208 g/mol. The van der Waals surface area contributed by atoms with Gasteiger partial charge in [-0.1, -0.05) is 0 Å². The number of carbonyl (C=O) groups excluding carboxylic acids is 1. The maximum atomic E-state index is 11.1. The minimum absolute atomic E-state index is 0.307. The van der Waals surface area contributed by atoms with Gasteiger partial charge in [0.2, 0.25) is 0 Å². The maximum Gasteiger partial charge on any atom is 0.347 e. The highest BCUT2D eigenvalue weighted by Gasteiger charge is 2.28. The lowest BCUT2D eigenvalue weighted by Crippen LogP contribution is -2.21. The van der Waals surface area contributed by atoms with E-state index in [2.05, 4.69) is 4.98 Å². The van der Waals surface area contributed by atoms with Gasteiger partial charge in [0.15, 0.2) is 6.10 Å². The Morgan fingerprint density at radius 1 is 1.60 bits per heavy atom. The van der Waals surface area contributed by atoms with Crippen LogP contribution in [0.3, 0.4) is 0 Å². The molecule has 0 radical (unpaired) electrons. The molecule has 5 nitrogen and oxygen atoms in total. The molecule has 0 spiro atoms. The molecule has 1 atom stereocenters. The molecule has 0 bridgehead atoms. The fourth-order valence-electron chi connectivity index (χ4n) is 1.35. The number of cyclic esters (lactones) is 1. The summed E-state index contributed by atoms with van der Waals surface area (Å²) in [7, 11) is 0. The van der Waals surface area contributed by atoms with Gasteiger partial charge in [-0.3, -0.25) is 4.98 Å². The molecule has 5 heteroatoms. The number of carbonyl (C=O) groups is 1. The second kappa shape index (κ2) is 4.27. The maximum absolute atomic E-state index is 11.1. The summed E-state index contributed by atoms with van der Waals surface area (Å²) in [6.07, 6.45) is 1.67. The SMILES string of the molecule is NCc1ccc(OC2CCOC2=O)cn1. The Labute approximate surface area is 87.2 Å². The fraction of sp³-hybridized carbons (Fsp3) is 0.400. The molecule has 2 rings (SSSR count).